The van der Waals surface area contributed by atoms with E-state index >= 15 is 0 Å². The maximum atomic E-state index is 13.2. The number of hydrogen-bond acceptors (Lipinski definition) is 6. The van der Waals surface area contributed by atoms with E-state index < -0.39 is 12.1 Å². The smallest absolute Gasteiger partial charge is 0.306 e. The lowest BCUT2D eigenvalue weighted by Crippen LogP contribution is -2.46. The molecule has 0 aliphatic carbocycles. The lowest BCUT2D eigenvalue weighted by atomic mass is 10.0. The minimum Gasteiger partial charge on any atom is -0.481 e. The van der Waals surface area contributed by atoms with Crippen LogP contribution in [0, 0.1) is 13.8 Å². The summed E-state index contributed by atoms with van der Waals surface area (Å²) in [6, 6.07) is 1.87. The second-order valence-corrected chi connectivity index (χ2v) is 7.32. The lowest BCUT2D eigenvalue weighted by molar-refractivity contribution is -0.141. The van der Waals surface area contributed by atoms with Gasteiger partial charge >= 0.3 is 5.97 Å². The van der Waals surface area contributed by atoms with Gasteiger partial charge in [0.15, 0.2) is 0 Å². The molecule has 1 saturated heterocycles. The monoisotopic (exact) mass is 387 g/mol. The SMILES string of the molecule is Cc1cc(C)nc(-n2cc(C(=O)N3CCO[C@H](CC(=O)O)C3)c(C(C)C)n2)n1. The largest absolute Gasteiger partial charge is 0.481 e. The summed E-state index contributed by atoms with van der Waals surface area (Å²) in [7, 11) is 0. The minimum absolute atomic E-state index is 0.0296. The number of rotatable bonds is 5. The van der Waals surface area contributed by atoms with Crippen LogP contribution in [0.15, 0.2) is 12.3 Å². The topological polar surface area (TPSA) is 110 Å². The molecule has 9 nitrogen and oxygen atoms in total. The molecule has 9 heteroatoms. The van der Waals surface area contributed by atoms with Gasteiger partial charge in [-0.3, -0.25) is 9.59 Å². The highest BCUT2D eigenvalue weighted by atomic mass is 16.5. The number of aryl methyl sites for hydroxylation is 2. The van der Waals surface area contributed by atoms with Crippen molar-refractivity contribution in [2.24, 2.45) is 0 Å². The molecule has 1 N–H and O–H groups in total. The maximum absolute atomic E-state index is 13.2. The van der Waals surface area contributed by atoms with Crippen molar-refractivity contribution in [2.45, 2.75) is 46.1 Å². The van der Waals surface area contributed by atoms with Gasteiger partial charge in [0.2, 0.25) is 0 Å². The molecule has 0 saturated carbocycles. The van der Waals surface area contributed by atoms with E-state index in [0.29, 0.717) is 30.4 Å². The van der Waals surface area contributed by atoms with Crippen LogP contribution in [-0.4, -0.2) is 67.4 Å². The molecule has 0 aromatic carbocycles. The van der Waals surface area contributed by atoms with Crippen LogP contribution in [0.3, 0.4) is 0 Å². The number of ether oxygens (including phenoxy) is 1. The standard InChI is InChI=1S/C19H25N5O4/c1-11(2)17-15(10-24(22-17)19-20-12(3)7-13(4)21-19)18(27)23-5-6-28-14(9-23)8-16(25)26/h7,10-11,14H,5-6,8-9H2,1-4H3,(H,25,26)/t14-/m1/s1. The van der Waals surface area contributed by atoms with Gasteiger partial charge < -0.3 is 14.7 Å². The fourth-order valence-electron chi connectivity index (χ4n) is 3.28. The third-order valence-electron chi connectivity index (χ3n) is 4.52. The Hall–Kier alpha value is -2.81. The van der Waals surface area contributed by atoms with Crippen LogP contribution in [0.1, 0.15) is 53.6 Å². The van der Waals surface area contributed by atoms with E-state index in [1.54, 1.807) is 11.1 Å². The Kier molecular flexibility index (Phi) is 5.73. The summed E-state index contributed by atoms with van der Waals surface area (Å²) in [5.74, 6) is -0.675. The van der Waals surface area contributed by atoms with Crippen molar-refractivity contribution in [3.05, 3.63) is 34.9 Å². The van der Waals surface area contributed by atoms with Crippen molar-refractivity contribution in [1.82, 2.24) is 24.6 Å². The Balaban J connectivity index is 1.91. The van der Waals surface area contributed by atoms with Gasteiger partial charge in [0.1, 0.15) is 0 Å². The fraction of sp³-hybridized carbons (Fsp3) is 0.526. The molecule has 1 atom stereocenters. The van der Waals surface area contributed by atoms with Crippen LogP contribution in [0.4, 0.5) is 0 Å². The second-order valence-electron chi connectivity index (χ2n) is 7.32. The van der Waals surface area contributed by atoms with Gasteiger partial charge in [-0.25, -0.2) is 14.6 Å². The molecule has 150 valence electrons. The molecule has 2 aromatic rings. The van der Waals surface area contributed by atoms with E-state index in [2.05, 4.69) is 15.1 Å². The van der Waals surface area contributed by atoms with Gasteiger partial charge in [0.25, 0.3) is 11.9 Å². The Labute approximate surface area is 163 Å². The first-order valence-corrected chi connectivity index (χ1v) is 9.29. The third kappa shape index (κ3) is 4.36. The van der Waals surface area contributed by atoms with Gasteiger partial charge in [0.05, 0.1) is 30.4 Å². The zero-order valence-electron chi connectivity index (χ0n) is 16.5. The summed E-state index contributed by atoms with van der Waals surface area (Å²) in [6.07, 6.45) is 1.03. The highest BCUT2D eigenvalue weighted by Crippen LogP contribution is 2.22. The van der Waals surface area contributed by atoms with Crippen LogP contribution in [0.5, 0.6) is 0 Å². The predicted molar refractivity (Wildman–Crippen MR) is 101 cm³/mol. The molecule has 2 aromatic heterocycles. The molecule has 3 heterocycles. The van der Waals surface area contributed by atoms with Gasteiger partial charge in [-0.05, 0) is 25.8 Å². The summed E-state index contributed by atoms with van der Waals surface area (Å²) in [5, 5.41) is 13.6. The van der Waals surface area contributed by atoms with Crippen molar-refractivity contribution in [3.8, 4) is 5.95 Å². The summed E-state index contributed by atoms with van der Waals surface area (Å²) in [4.78, 5) is 34.6. The molecular formula is C19H25N5O4. The Morgan fingerprint density at radius 1 is 1.29 bits per heavy atom. The molecule has 0 unspecified atom stereocenters. The minimum atomic E-state index is -0.943. The van der Waals surface area contributed by atoms with Crippen molar-refractivity contribution >= 4 is 11.9 Å². The number of aromatic nitrogens is 4. The van der Waals surface area contributed by atoms with E-state index in [9.17, 15) is 9.59 Å². The maximum Gasteiger partial charge on any atom is 0.306 e. The van der Waals surface area contributed by atoms with Gasteiger partial charge in [-0.15, -0.1) is 0 Å². The Morgan fingerprint density at radius 2 is 1.96 bits per heavy atom. The zero-order valence-corrected chi connectivity index (χ0v) is 16.5. The number of aliphatic carboxylic acids is 1. The summed E-state index contributed by atoms with van der Waals surface area (Å²) < 4.78 is 7.01. The number of nitrogens with zero attached hydrogens (tertiary/aromatic N) is 5. The number of hydrogen-bond donors (Lipinski definition) is 1. The lowest BCUT2D eigenvalue weighted by Gasteiger charge is -2.32. The summed E-state index contributed by atoms with van der Waals surface area (Å²) >= 11 is 0. The zero-order chi connectivity index (χ0) is 20.4. The van der Waals surface area contributed by atoms with Crippen LogP contribution in [0.25, 0.3) is 5.95 Å². The van der Waals surface area contributed by atoms with Gasteiger partial charge in [-0.1, -0.05) is 13.8 Å². The summed E-state index contributed by atoms with van der Waals surface area (Å²) in [5.41, 5.74) is 2.78. The molecule has 0 bridgehead atoms. The van der Waals surface area contributed by atoms with Crippen LogP contribution in [0.2, 0.25) is 0 Å². The number of carboxylic acid groups (broad SMARTS) is 1. The highest BCUT2D eigenvalue weighted by Gasteiger charge is 2.30. The fourth-order valence-corrected chi connectivity index (χ4v) is 3.28. The quantitative estimate of drug-likeness (QED) is 0.831. The average molecular weight is 387 g/mol. The van der Waals surface area contributed by atoms with E-state index in [1.165, 1.54) is 4.68 Å². The number of carbonyl (C=O) groups is 2. The Bertz CT molecular complexity index is 872. The molecule has 1 amide bonds. The van der Waals surface area contributed by atoms with E-state index in [1.807, 2.05) is 33.8 Å². The van der Waals surface area contributed by atoms with Gasteiger partial charge in [-0.2, -0.15) is 5.10 Å². The van der Waals surface area contributed by atoms with Crippen LogP contribution < -0.4 is 0 Å². The first-order chi connectivity index (χ1) is 13.2. The molecule has 1 aliphatic heterocycles. The Morgan fingerprint density at radius 3 is 2.57 bits per heavy atom. The molecule has 0 radical (unpaired) electrons. The van der Waals surface area contributed by atoms with Crippen molar-refractivity contribution in [3.63, 3.8) is 0 Å². The molecular weight excluding hydrogens is 362 g/mol. The number of carboxylic acids is 1. The number of carbonyl (C=O) groups excluding carboxylic acids is 1. The van der Waals surface area contributed by atoms with E-state index in [-0.39, 0.29) is 24.8 Å². The predicted octanol–water partition coefficient (Wildman–Crippen LogP) is 1.72. The van der Waals surface area contributed by atoms with E-state index in [4.69, 9.17) is 9.84 Å². The van der Waals surface area contributed by atoms with Gasteiger partial charge in [0, 0.05) is 30.7 Å². The first-order valence-electron chi connectivity index (χ1n) is 9.29. The molecule has 1 aliphatic rings. The first kappa shape index (κ1) is 19.9. The molecule has 28 heavy (non-hydrogen) atoms. The van der Waals surface area contributed by atoms with E-state index in [0.717, 1.165) is 11.4 Å². The number of amides is 1. The van der Waals surface area contributed by atoms with Crippen LogP contribution in [-0.2, 0) is 9.53 Å². The molecule has 1 fully saturated rings. The second kappa shape index (κ2) is 8.05. The van der Waals surface area contributed by atoms with Crippen molar-refractivity contribution in [1.29, 1.82) is 0 Å². The normalized spacial score (nSPS) is 17.2. The van der Waals surface area contributed by atoms with Crippen molar-refractivity contribution in [2.75, 3.05) is 19.7 Å². The highest BCUT2D eigenvalue weighted by molar-refractivity contribution is 5.95. The molecule has 0 spiro atoms. The van der Waals surface area contributed by atoms with Crippen molar-refractivity contribution < 1.29 is 19.4 Å². The third-order valence-corrected chi connectivity index (χ3v) is 4.52. The molecule has 3 rings (SSSR count). The van der Waals surface area contributed by atoms with Crippen LogP contribution >= 0.6 is 0 Å². The average Bonchev–Trinajstić information content (AvgIpc) is 3.05. The summed E-state index contributed by atoms with van der Waals surface area (Å²) in [6.45, 7) is 8.68. The number of morpholine rings is 1.